The van der Waals surface area contributed by atoms with Gasteiger partial charge in [-0.1, -0.05) is 0 Å². The summed E-state index contributed by atoms with van der Waals surface area (Å²) in [4.78, 5) is 10.5. The molecule has 1 aliphatic heterocycles. The van der Waals surface area contributed by atoms with Gasteiger partial charge < -0.3 is 4.90 Å². The maximum atomic E-state index is 4.26. The van der Waals surface area contributed by atoms with E-state index in [1.807, 2.05) is 0 Å². The van der Waals surface area contributed by atoms with Gasteiger partial charge >= 0.3 is 0 Å². The van der Waals surface area contributed by atoms with Crippen LogP contribution in [0.15, 0.2) is 17.0 Å². The Bertz CT molecular complexity index is 324. The second kappa shape index (κ2) is 2.94. The van der Waals surface area contributed by atoms with E-state index in [1.54, 1.807) is 12.5 Å². The highest BCUT2D eigenvalue weighted by atomic mass is 79.9. The van der Waals surface area contributed by atoms with Crippen molar-refractivity contribution in [1.82, 2.24) is 9.97 Å². The second-order valence-electron chi connectivity index (χ2n) is 3.91. The first-order valence-electron chi connectivity index (χ1n) is 4.34. The third kappa shape index (κ3) is 1.43. The molecule has 0 saturated carbocycles. The zero-order chi connectivity index (χ0) is 9.47. The van der Waals surface area contributed by atoms with Crippen LogP contribution in [-0.4, -0.2) is 22.1 Å². The van der Waals surface area contributed by atoms with E-state index in [2.05, 4.69) is 44.6 Å². The molecule has 1 aromatic rings. The summed E-state index contributed by atoms with van der Waals surface area (Å²) in [5.74, 6) is 1.01. The number of aromatic nitrogens is 2. The maximum absolute atomic E-state index is 4.26. The molecule has 1 aliphatic rings. The molecular weight excluding hydrogens is 230 g/mol. The summed E-state index contributed by atoms with van der Waals surface area (Å²) in [6.07, 6.45) is 4.61. The van der Waals surface area contributed by atoms with E-state index >= 15 is 0 Å². The minimum Gasteiger partial charge on any atom is -0.350 e. The molecule has 0 aliphatic carbocycles. The molecule has 1 fully saturated rings. The van der Waals surface area contributed by atoms with Gasteiger partial charge in [0.25, 0.3) is 0 Å². The Morgan fingerprint density at radius 1 is 1.54 bits per heavy atom. The van der Waals surface area contributed by atoms with Crippen molar-refractivity contribution in [3.8, 4) is 0 Å². The lowest BCUT2D eigenvalue weighted by Crippen LogP contribution is -2.56. The van der Waals surface area contributed by atoms with Gasteiger partial charge in [0.15, 0.2) is 0 Å². The Hall–Kier alpha value is -0.640. The van der Waals surface area contributed by atoms with E-state index in [9.17, 15) is 0 Å². The highest BCUT2D eigenvalue weighted by Crippen LogP contribution is 2.36. The lowest BCUT2D eigenvalue weighted by Gasteiger charge is -2.49. The molecule has 2 rings (SSSR count). The summed E-state index contributed by atoms with van der Waals surface area (Å²) >= 11 is 3.46. The normalized spacial score (nSPS) is 19.8. The second-order valence-corrected chi connectivity index (χ2v) is 4.76. The third-order valence-corrected chi connectivity index (χ3v) is 3.14. The summed E-state index contributed by atoms with van der Waals surface area (Å²) in [6, 6.07) is 0. The van der Waals surface area contributed by atoms with Gasteiger partial charge in [-0.05, 0) is 36.2 Å². The topological polar surface area (TPSA) is 29.0 Å². The van der Waals surface area contributed by atoms with Crippen molar-refractivity contribution >= 4 is 21.7 Å². The van der Waals surface area contributed by atoms with E-state index in [-0.39, 0.29) is 5.54 Å². The van der Waals surface area contributed by atoms with Crippen LogP contribution in [0.1, 0.15) is 20.3 Å². The van der Waals surface area contributed by atoms with Crippen molar-refractivity contribution in [2.24, 2.45) is 0 Å². The lowest BCUT2D eigenvalue weighted by atomic mass is 9.89. The van der Waals surface area contributed by atoms with Crippen LogP contribution in [0.4, 0.5) is 5.82 Å². The Labute approximate surface area is 86.3 Å². The highest BCUT2D eigenvalue weighted by Gasteiger charge is 2.37. The standard InChI is InChI=1S/C9H12BrN3/c1-9(2)3-4-13(9)8-7(10)5-11-6-12-8/h5-6H,3-4H2,1-2H3. The predicted molar refractivity (Wildman–Crippen MR) is 55.8 cm³/mol. The molecule has 3 nitrogen and oxygen atoms in total. The molecule has 0 radical (unpaired) electrons. The lowest BCUT2D eigenvalue weighted by molar-refractivity contribution is 0.328. The molecule has 0 aromatic carbocycles. The molecule has 0 bridgehead atoms. The van der Waals surface area contributed by atoms with Crippen LogP contribution in [0, 0.1) is 0 Å². The molecule has 0 N–H and O–H groups in total. The van der Waals surface area contributed by atoms with Gasteiger partial charge in [-0.15, -0.1) is 0 Å². The summed E-state index contributed by atoms with van der Waals surface area (Å²) in [5, 5.41) is 0. The maximum Gasteiger partial charge on any atom is 0.146 e. The zero-order valence-electron chi connectivity index (χ0n) is 7.79. The average Bonchev–Trinajstić information content (AvgIpc) is 2.07. The van der Waals surface area contributed by atoms with Crippen molar-refractivity contribution in [1.29, 1.82) is 0 Å². The highest BCUT2D eigenvalue weighted by molar-refractivity contribution is 9.10. The van der Waals surface area contributed by atoms with Gasteiger partial charge in [0.2, 0.25) is 0 Å². The summed E-state index contributed by atoms with van der Waals surface area (Å²) < 4.78 is 0.975. The van der Waals surface area contributed by atoms with Gasteiger partial charge in [-0.2, -0.15) is 0 Å². The van der Waals surface area contributed by atoms with Crippen molar-refractivity contribution in [2.45, 2.75) is 25.8 Å². The molecule has 0 amide bonds. The minimum absolute atomic E-state index is 0.247. The van der Waals surface area contributed by atoms with Gasteiger partial charge in [0.1, 0.15) is 12.1 Å². The number of nitrogens with zero attached hydrogens (tertiary/aromatic N) is 3. The van der Waals surface area contributed by atoms with E-state index in [4.69, 9.17) is 0 Å². The van der Waals surface area contributed by atoms with Gasteiger partial charge in [-0.3, -0.25) is 0 Å². The van der Waals surface area contributed by atoms with Gasteiger partial charge in [-0.25, -0.2) is 9.97 Å². The van der Waals surface area contributed by atoms with E-state index in [0.717, 1.165) is 16.8 Å². The summed E-state index contributed by atoms with van der Waals surface area (Å²) in [5.41, 5.74) is 0.247. The molecule has 0 spiro atoms. The number of rotatable bonds is 1. The predicted octanol–water partition coefficient (Wildman–Crippen LogP) is 2.23. The molecule has 13 heavy (non-hydrogen) atoms. The minimum atomic E-state index is 0.247. The number of anilines is 1. The van der Waals surface area contributed by atoms with Crippen LogP contribution in [0.3, 0.4) is 0 Å². The Kier molecular flexibility index (Phi) is 2.02. The van der Waals surface area contributed by atoms with E-state index in [0.29, 0.717) is 0 Å². The monoisotopic (exact) mass is 241 g/mol. The van der Waals surface area contributed by atoms with Crippen LogP contribution >= 0.6 is 15.9 Å². The summed E-state index contributed by atoms with van der Waals surface area (Å²) in [6.45, 7) is 5.54. The van der Waals surface area contributed by atoms with Gasteiger partial charge in [0.05, 0.1) is 4.47 Å². The zero-order valence-corrected chi connectivity index (χ0v) is 9.37. The van der Waals surface area contributed by atoms with Crippen molar-refractivity contribution < 1.29 is 0 Å². The van der Waals surface area contributed by atoms with Crippen molar-refractivity contribution in [3.63, 3.8) is 0 Å². The van der Waals surface area contributed by atoms with Gasteiger partial charge in [0, 0.05) is 18.3 Å². The molecule has 70 valence electrons. The first-order chi connectivity index (χ1) is 6.11. The van der Waals surface area contributed by atoms with Crippen LogP contribution in [0.2, 0.25) is 0 Å². The fraction of sp³-hybridized carbons (Fsp3) is 0.556. The third-order valence-electron chi connectivity index (χ3n) is 2.58. The van der Waals surface area contributed by atoms with Crippen LogP contribution in [-0.2, 0) is 0 Å². The van der Waals surface area contributed by atoms with Crippen LogP contribution in [0.5, 0.6) is 0 Å². The quantitative estimate of drug-likeness (QED) is 0.756. The smallest absolute Gasteiger partial charge is 0.146 e. The first-order valence-corrected chi connectivity index (χ1v) is 5.14. The Morgan fingerprint density at radius 2 is 2.31 bits per heavy atom. The average molecular weight is 242 g/mol. The number of halogens is 1. The van der Waals surface area contributed by atoms with Crippen molar-refractivity contribution in [2.75, 3.05) is 11.4 Å². The molecule has 1 saturated heterocycles. The Balaban J connectivity index is 2.32. The SMILES string of the molecule is CC1(C)CCN1c1ncncc1Br. The molecule has 4 heteroatoms. The number of hydrogen-bond donors (Lipinski definition) is 0. The fourth-order valence-corrected chi connectivity index (χ4v) is 2.00. The fourth-order valence-electron chi connectivity index (χ4n) is 1.57. The Morgan fingerprint density at radius 3 is 2.77 bits per heavy atom. The van der Waals surface area contributed by atoms with Crippen molar-refractivity contribution in [3.05, 3.63) is 17.0 Å². The van der Waals surface area contributed by atoms with Crippen LogP contribution < -0.4 is 4.90 Å². The molecular formula is C9H12BrN3. The van der Waals surface area contributed by atoms with Crippen LogP contribution in [0.25, 0.3) is 0 Å². The number of hydrogen-bond acceptors (Lipinski definition) is 3. The van der Waals surface area contributed by atoms with E-state index < -0.39 is 0 Å². The first kappa shape index (κ1) is 8.94. The largest absolute Gasteiger partial charge is 0.350 e. The van der Waals surface area contributed by atoms with E-state index in [1.165, 1.54) is 6.42 Å². The molecule has 2 heterocycles. The molecule has 0 atom stereocenters. The molecule has 1 aromatic heterocycles. The summed E-state index contributed by atoms with van der Waals surface area (Å²) in [7, 11) is 0. The molecule has 0 unspecified atom stereocenters.